The van der Waals surface area contributed by atoms with Gasteiger partial charge in [-0.25, -0.2) is 0 Å². The summed E-state index contributed by atoms with van der Waals surface area (Å²) in [6, 6.07) is 8.18. The Bertz CT molecular complexity index is 658. The summed E-state index contributed by atoms with van der Waals surface area (Å²) in [4.78, 5) is 13.3. The van der Waals surface area contributed by atoms with Crippen molar-refractivity contribution in [2.75, 3.05) is 20.3 Å². The van der Waals surface area contributed by atoms with Crippen LogP contribution in [0.1, 0.15) is 90.6 Å². The molecule has 0 aromatic heterocycles. The van der Waals surface area contributed by atoms with E-state index in [1.165, 1.54) is 58.9 Å². The first kappa shape index (κ1) is 29.2. The SMILES string of the molecule is CCC[CH2][Sn]([CH2]CCC)([CH2]CCC)/[C](=C/c1ccccc1C(OCC)OCC)C(=O)OC. The number of hydrogen-bond donors (Lipinski definition) is 0. The fraction of sp³-hybridized carbons (Fsp3) is 0.667. The molecule has 32 heavy (non-hydrogen) atoms. The Labute approximate surface area is 201 Å². The van der Waals surface area contributed by atoms with Crippen molar-refractivity contribution in [3.63, 3.8) is 0 Å². The maximum atomic E-state index is 13.3. The molecule has 1 aromatic carbocycles. The molecule has 4 nitrogen and oxygen atoms in total. The number of carbonyl (C=O) groups excluding carboxylic acids is 1. The fourth-order valence-corrected chi connectivity index (χ4v) is 20.5. The Hall–Kier alpha value is -0.851. The molecule has 1 rings (SSSR count). The van der Waals surface area contributed by atoms with E-state index in [4.69, 9.17) is 14.2 Å². The molecule has 0 atom stereocenters. The van der Waals surface area contributed by atoms with E-state index in [-0.39, 0.29) is 5.97 Å². The van der Waals surface area contributed by atoms with Gasteiger partial charge in [0, 0.05) is 0 Å². The Morgan fingerprint density at radius 3 is 1.81 bits per heavy atom. The summed E-state index contributed by atoms with van der Waals surface area (Å²) < 4.78 is 21.9. The molecule has 0 saturated carbocycles. The number of carbonyl (C=O) groups is 1. The van der Waals surface area contributed by atoms with E-state index < -0.39 is 24.7 Å². The molecular weight excluding hydrogens is 507 g/mol. The molecule has 0 bridgehead atoms. The van der Waals surface area contributed by atoms with Gasteiger partial charge in [-0.15, -0.1) is 0 Å². The van der Waals surface area contributed by atoms with Crippen LogP contribution in [0.2, 0.25) is 13.3 Å². The van der Waals surface area contributed by atoms with Crippen molar-refractivity contribution in [2.24, 2.45) is 0 Å². The predicted octanol–water partition coefficient (Wildman–Crippen LogP) is 7.70. The second-order valence-corrected chi connectivity index (χ2v) is 21.6. The van der Waals surface area contributed by atoms with Gasteiger partial charge in [0.25, 0.3) is 0 Å². The van der Waals surface area contributed by atoms with Crippen LogP contribution in [0.15, 0.2) is 27.9 Å². The predicted molar refractivity (Wildman–Crippen MR) is 137 cm³/mol. The van der Waals surface area contributed by atoms with Crippen LogP contribution in [-0.2, 0) is 19.0 Å². The summed E-state index contributed by atoms with van der Waals surface area (Å²) in [6.07, 6.45) is 8.81. The van der Waals surface area contributed by atoms with E-state index in [9.17, 15) is 4.79 Å². The van der Waals surface area contributed by atoms with Crippen molar-refractivity contribution in [3.05, 3.63) is 39.0 Å². The van der Waals surface area contributed by atoms with Gasteiger partial charge in [-0.3, -0.25) is 0 Å². The van der Waals surface area contributed by atoms with Crippen molar-refractivity contribution >= 4 is 30.4 Å². The average Bonchev–Trinajstić information content (AvgIpc) is 2.82. The first-order chi connectivity index (χ1) is 15.5. The first-order valence-electron chi connectivity index (χ1n) is 12.7. The fourth-order valence-electron chi connectivity index (χ4n) is 4.41. The van der Waals surface area contributed by atoms with E-state index in [0.717, 1.165) is 14.7 Å². The van der Waals surface area contributed by atoms with Crippen LogP contribution in [0.3, 0.4) is 0 Å². The van der Waals surface area contributed by atoms with Crippen molar-refractivity contribution in [1.82, 2.24) is 0 Å². The van der Waals surface area contributed by atoms with Crippen LogP contribution in [0, 0.1) is 0 Å². The van der Waals surface area contributed by atoms with Crippen LogP contribution in [0.25, 0.3) is 6.08 Å². The summed E-state index contributed by atoms with van der Waals surface area (Å²) >= 11 is -3.00. The van der Waals surface area contributed by atoms with E-state index >= 15 is 0 Å². The Kier molecular flexibility index (Phi) is 15.2. The molecule has 0 heterocycles. The molecule has 0 unspecified atom stereocenters. The van der Waals surface area contributed by atoms with Gasteiger partial charge in [0.1, 0.15) is 0 Å². The number of esters is 1. The molecule has 0 saturated heterocycles. The van der Waals surface area contributed by atoms with E-state index in [1.54, 1.807) is 0 Å². The normalized spacial score (nSPS) is 12.4. The minimum absolute atomic E-state index is 0.122. The second kappa shape index (κ2) is 16.7. The number of unbranched alkanes of at least 4 members (excludes halogenated alkanes) is 3. The van der Waals surface area contributed by atoms with Crippen LogP contribution in [-0.4, -0.2) is 44.7 Å². The zero-order chi connectivity index (χ0) is 23.8. The van der Waals surface area contributed by atoms with Crippen LogP contribution in [0.5, 0.6) is 0 Å². The van der Waals surface area contributed by atoms with Crippen LogP contribution < -0.4 is 0 Å². The number of hydrogen-bond acceptors (Lipinski definition) is 4. The molecule has 0 aliphatic heterocycles. The zero-order valence-corrected chi connectivity index (χ0v) is 24.2. The second-order valence-electron chi connectivity index (χ2n) is 8.51. The van der Waals surface area contributed by atoms with Crippen molar-refractivity contribution in [3.8, 4) is 0 Å². The molecular formula is C27H46O4Sn. The average molecular weight is 553 g/mol. The summed E-state index contributed by atoms with van der Waals surface area (Å²) in [7, 11) is 1.53. The third kappa shape index (κ3) is 8.83. The molecule has 1 aromatic rings. The van der Waals surface area contributed by atoms with Crippen molar-refractivity contribution in [1.29, 1.82) is 0 Å². The molecule has 5 heteroatoms. The molecule has 182 valence electrons. The number of ether oxygens (including phenoxy) is 3. The van der Waals surface area contributed by atoms with E-state index in [0.29, 0.717) is 13.2 Å². The Morgan fingerprint density at radius 2 is 1.38 bits per heavy atom. The van der Waals surface area contributed by atoms with Gasteiger partial charge in [-0.1, -0.05) is 0 Å². The quantitative estimate of drug-likeness (QED) is 0.0859. The Morgan fingerprint density at radius 1 is 0.875 bits per heavy atom. The van der Waals surface area contributed by atoms with E-state index in [1.807, 2.05) is 26.0 Å². The number of methoxy groups -OCH3 is 1. The van der Waals surface area contributed by atoms with Gasteiger partial charge in [-0.2, -0.15) is 0 Å². The van der Waals surface area contributed by atoms with Crippen molar-refractivity contribution < 1.29 is 19.0 Å². The van der Waals surface area contributed by atoms with Gasteiger partial charge in [0.15, 0.2) is 0 Å². The maximum absolute atomic E-state index is 13.3. The van der Waals surface area contributed by atoms with Gasteiger partial charge in [0.05, 0.1) is 0 Å². The molecule has 0 aliphatic carbocycles. The molecule has 0 N–H and O–H groups in total. The number of rotatable bonds is 17. The summed E-state index contributed by atoms with van der Waals surface area (Å²) in [5, 5.41) is 0. The summed E-state index contributed by atoms with van der Waals surface area (Å²) in [5.74, 6) is -0.122. The van der Waals surface area contributed by atoms with Gasteiger partial charge in [0.2, 0.25) is 0 Å². The number of benzene rings is 1. The molecule has 0 amide bonds. The van der Waals surface area contributed by atoms with E-state index in [2.05, 4.69) is 39.0 Å². The molecule has 0 fully saturated rings. The molecule has 0 spiro atoms. The van der Waals surface area contributed by atoms with Crippen LogP contribution in [0.4, 0.5) is 0 Å². The van der Waals surface area contributed by atoms with Gasteiger partial charge in [-0.05, 0) is 0 Å². The van der Waals surface area contributed by atoms with Gasteiger partial charge >= 0.3 is 201 Å². The third-order valence-corrected chi connectivity index (χ3v) is 21.7. The molecule has 0 aliphatic rings. The molecule has 0 radical (unpaired) electrons. The monoisotopic (exact) mass is 554 g/mol. The standard InChI is InChI=1S/C15H19O4.3C4H9.Sn/c1-4-18-15(19-5-2)13-9-7-6-8-12(13)10-11-14(16)17-3;3*1-3-4-2;/h6-10,15H,4-5H2,1-3H3;3*1,3-4H2,2H3;. The van der Waals surface area contributed by atoms with Crippen molar-refractivity contribution in [2.45, 2.75) is 92.7 Å². The Balaban J connectivity index is 3.65. The zero-order valence-electron chi connectivity index (χ0n) is 21.4. The first-order valence-corrected chi connectivity index (χ1v) is 20.1. The van der Waals surface area contributed by atoms with Gasteiger partial charge < -0.3 is 0 Å². The third-order valence-electron chi connectivity index (χ3n) is 6.19. The summed E-state index contributed by atoms with van der Waals surface area (Å²) in [6.45, 7) is 11.8. The topological polar surface area (TPSA) is 44.8 Å². The minimum atomic E-state index is -3.00. The summed E-state index contributed by atoms with van der Waals surface area (Å²) in [5.41, 5.74) is 2.00. The van der Waals surface area contributed by atoms with Crippen LogP contribution >= 0.6 is 0 Å².